The van der Waals surface area contributed by atoms with Gasteiger partial charge in [0.25, 0.3) is 0 Å². The van der Waals surface area contributed by atoms with E-state index in [1.54, 1.807) is 12.1 Å². The Kier molecular flexibility index (Phi) is 5.53. The quantitative estimate of drug-likeness (QED) is 0.778. The number of morpholine rings is 1. The first-order valence-corrected chi connectivity index (χ1v) is 10.00. The van der Waals surface area contributed by atoms with Crippen LogP contribution in [0, 0.1) is 0 Å². The fraction of sp³-hybridized carbons (Fsp3) is 0.588. The minimum atomic E-state index is -3.43. The van der Waals surface area contributed by atoms with Crippen molar-refractivity contribution in [1.82, 2.24) is 9.31 Å². The molecule has 0 saturated carbocycles. The first kappa shape index (κ1) is 17.4. The topological polar surface area (TPSA) is 62.2 Å². The molecule has 2 saturated heterocycles. The zero-order valence-electron chi connectivity index (χ0n) is 14.1. The second kappa shape index (κ2) is 7.63. The van der Waals surface area contributed by atoms with Crippen molar-refractivity contribution in [1.29, 1.82) is 0 Å². The van der Waals surface area contributed by atoms with Crippen LogP contribution >= 0.6 is 0 Å². The number of benzene rings is 1. The van der Waals surface area contributed by atoms with E-state index < -0.39 is 10.0 Å². The molecule has 1 aromatic rings. The van der Waals surface area contributed by atoms with Crippen LogP contribution in [0.5, 0.6) is 0 Å². The van der Waals surface area contributed by atoms with Gasteiger partial charge in [-0.25, -0.2) is 8.42 Å². The van der Waals surface area contributed by atoms with E-state index in [2.05, 4.69) is 10.1 Å². The molecule has 6 nitrogen and oxygen atoms in total. The van der Waals surface area contributed by atoms with E-state index in [1.807, 2.05) is 19.1 Å². The molecule has 2 aliphatic rings. The largest absolute Gasteiger partial charge is 0.379 e. The van der Waals surface area contributed by atoms with Crippen LogP contribution in [-0.2, 0) is 14.8 Å². The highest BCUT2D eigenvalue weighted by Gasteiger charge is 2.26. The van der Waals surface area contributed by atoms with Crippen LogP contribution in [-0.4, -0.2) is 62.8 Å². The number of rotatable bonds is 4. The summed E-state index contributed by atoms with van der Waals surface area (Å²) in [7, 11) is -3.43. The van der Waals surface area contributed by atoms with E-state index in [-0.39, 0.29) is 0 Å². The molecule has 0 amide bonds. The molecule has 0 unspecified atom stereocenters. The summed E-state index contributed by atoms with van der Waals surface area (Å²) in [6.07, 6.45) is 3.65. The lowest BCUT2D eigenvalue weighted by Crippen LogP contribution is -2.40. The fourth-order valence-corrected chi connectivity index (χ4v) is 4.46. The van der Waals surface area contributed by atoms with E-state index in [0.717, 1.165) is 24.4 Å². The standard InChI is InChI=1S/C17H25N3O3S/c1-15(18-19-9-3-2-4-10-19)16-5-7-17(8-6-16)24(21,22)20-11-13-23-14-12-20/h5-8H,2-4,9-14H2,1H3/b18-15+. The lowest BCUT2D eigenvalue weighted by molar-refractivity contribution is 0.0730. The van der Waals surface area contributed by atoms with Crippen molar-refractivity contribution >= 4 is 15.7 Å². The van der Waals surface area contributed by atoms with Crippen molar-refractivity contribution in [2.24, 2.45) is 5.10 Å². The van der Waals surface area contributed by atoms with Gasteiger partial charge in [-0.3, -0.25) is 5.01 Å². The van der Waals surface area contributed by atoms with Gasteiger partial charge in [-0.1, -0.05) is 12.1 Å². The Hall–Kier alpha value is -1.44. The average molecular weight is 351 g/mol. The molecule has 3 rings (SSSR count). The van der Waals surface area contributed by atoms with Crippen molar-refractivity contribution in [3.8, 4) is 0 Å². The lowest BCUT2D eigenvalue weighted by Gasteiger charge is -2.26. The predicted octanol–water partition coefficient (Wildman–Crippen LogP) is 1.92. The molecular formula is C17H25N3O3S. The summed E-state index contributed by atoms with van der Waals surface area (Å²) in [5, 5.41) is 6.77. The third kappa shape index (κ3) is 3.96. The zero-order chi connectivity index (χ0) is 17.0. The van der Waals surface area contributed by atoms with Crippen molar-refractivity contribution in [3.63, 3.8) is 0 Å². The average Bonchev–Trinajstić information content (AvgIpc) is 2.63. The molecule has 0 N–H and O–H groups in total. The number of sulfonamides is 1. The second-order valence-electron chi connectivity index (χ2n) is 6.24. The van der Waals surface area contributed by atoms with Gasteiger partial charge in [0.2, 0.25) is 10.0 Å². The highest BCUT2D eigenvalue weighted by atomic mass is 32.2. The monoisotopic (exact) mass is 351 g/mol. The van der Waals surface area contributed by atoms with Crippen LogP contribution < -0.4 is 0 Å². The molecule has 1 aromatic carbocycles. The van der Waals surface area contributed by atoms with Crippen LogP contribution in [0.3, 0.4) is 0 Å². The SMILES string of the molecule is C/C(=N\N1CCCCC1)c1ccc(S(=O)(=O)N2CCOCC2)cc1. The summed E-state index contributed by atoms with van der Waals surface area (Å²) in [5.74, 6) is 0. The Bertz CT molecular complexity index is 674. The molecule has 2 heterocycles. The fourth-order valence-electron chi connectivity index (χ4n) is 3.05. The molecule has 0 radical (unpaired) electrons. The van der Waals surface area contributed by atoms with Gasteiger partial charge in [0.1, 0.15) is 0 Å². The molecule has 0 aromatic heterocycles. The maximum atomic E-state index is 12.6. The van der Waals surface area contributed by atoms with Gasteiger partial charge >= 0.3 is 0 Å². The van der Waals surface area contributed by atoms with E-state index in [1.165, 1.54) is 23.6 Å². The van der Waals surface area contributed by atoms with Gasteiger partial charge in [0.15, 0.2) is 0 Å². The number of piperidine rings is 1. The highest BCUT2D eigenvalue weighted by molar-refractivity contribution is 7.89. The highest BCUT2D eigenvalue weighted by Crippen LogP contribution is 2.18. The first-order valence-electron chi connectivity index (χ1n) is 8.56. The van der Waals surface area contributed by atoms with Crippen molar-refractivity contribution < 1.29 is 13.2 Å². The zero-order valence-corrected chi connectivity index (χ0v) is 15.0. The number of hydrazone groups is 1. The molecule has 2 aliphatic heterocycles. The van der Waals surface area contributed by atoms with Crippen LogP contribution in [0.4, 0.5) is 0 Å². The third-order valence-electron chi connectivity index (χ3n) is 4.50. The number of ether oxygens (including phenoxy) is 1. The van der Waals surface area contributed by atoms with Gasteiger partial charge in [-0.05, 0) is 43.9 Å². The van der Waals surface area contributed by atoms with Gasteiger partial charge in [0.05, 0.1) is 23.8 Å². The summed E-state index contributed by atoms with van der Waals surface area (Å²) < 4.78 is 31.9. The van der Waals surface area contributed by atoms with Gasteiger partial charge in [0, 0.05) is 26.2 Å². The Morgan fingerprint density at radius 1 is 1.00 bits per heavy atom. The van der Waals surface area contributed by atoms with E-state index in [0.29, 0.717) is 31.2 Å². The molecule has 0 aliphatic carbocycles. The molecule has 0 atom stereocenters. The number of hydrogen-bond acceptors (Lipinski definition) is 5. The molecule has 24 heavy (non-hydrogen) atoms. The van der Waals surface area contributed by atoms with E-state index >= 15 is 0 Å². The maximum absolute atomic E-state index is 12.6. The maximum Gasteiger partial charge on any atom is 0.243 e. The van der Waals surface area contributed by atoms with Crippen LogP contribution in [0.2, 0.25) is 0 Å². The summed E-state index contributed by atoms with van der Waals surface area (Å²) >= 11 is 0. The molecule has 0 bridgehead atoms. The minimum Gasteiger partial charge on any atom is -0.379 e. The van der Waals surface area contributed by atoms with Crippen molar-refractivity contribution in [2.75, 3.05) is 39.4 Å². The van der Waals surface area contributed by atoms with Gasteiger partial charge < -0.3 is 4.74 Å². The lowest BCUT2D eigenvalue weighted by atomic mass is 10.1. The Morgan fingerprint density at radius 3 is 2.25 bits per heavy atom. The van der Waals surface area contributed by atoms with Crippen molar-refractivity contribution in [2.45, 2.75) is 31.1 Å². The summed E-state index contributed by atoms with van der Waals surface area (Å²) in [5.41, 5.74) is 1.88. The number of nitrogens with zero attached hydrogens (tertiary/aromatic N) is 3. The molecule has 0 spiro atoms. The van der Waals surface area contributed by atoms with E-state index in [9.17, 15) is 8.42 Å². The summed E-state index contributed by atoms with van der Waals surface area (Å²) in [6.45, 7) is 5.72. The van der Waals surface area contributed by atoms with Crippen LogP contribution in [0.25, 0.3) is 0 Å². The Balaban J connectivity index is 1.73. The van der Waals surface area contributed by atoms with Crippen molar-refractivity contribution in [3.05, 3.63) is 29.8 Å². The van der Waals surface area contributed by atoms with E-state index in [4.69, 9.17) is 4.74 Å². The normalized spacial score (nSPS) is 21.0. The van der Waals surface area contributed by atoms with Crippen LogP contribution in [0.1, 0.15) is 31.7 Å². The summed E-state index contributed by atoms with van der Waals surface area (Å²) in [4.78, 5) is 0.332. The van der Waals surface area contributed by atoms with Gasteiger partial charge in [-0.2, -0.15) is 9.41 Å². The van der Waals surface area contributed by atoms with Gasteiger partial charge in [-0.15, -0.1) is 0 Å². The first-order chi connectivity index (χ1) is 11.6. The smallest absolute Gasteiger partial charge is 0.243 e. The minimum absolute atomic E-state index is 0.332. The molecule has 132 valence electrons. The predicted molar refractivity (Wildman–Crippen MR) is 93.7 cm³/mol. The summed E-state index contributed by atoms with van der Waals surface area (Å²) in [6, 6.07) is 7.04. The molecule has 7 heteroatoms. The molecule has 2 fully saturated rings. The molecular weight excluding hydrogens is 326 g/mol. The third-order valence-corrected chi connectivity index (χ3v) is 6.42. The second-order valence-corrected chi connectivity index (χ2v) is 8.18. The van der Waals surface area contributed by atoms with Crippen LogP contribution in [0.15, 0.2) is 34.3 Å². The Morgan fingerprint density at radius 2 is 1.62 bits per heavy atom. The number of hydrogen-bond donors (Lipinski definition) is 0. The Labute approximate surface area is 144 Å².